The lowest BCUT2D eigenvalue weighted by Crippen LogP contribution is -2.35. The molecule has 1 saturated heterocycles. The van der Waals surface area contributed by atoms with Crippen molar-refractivity contribution in [3.05, 3.63) is 24.3 Å². The van der Waals surface area contributed by atoms with Crippen molar-refractivity contribution in [2.75, 3.05) is 23.3 Å². The standard InChI is InChI=1S/C14H21N3O/c1-2-11(15)14(18)16-12-7-3-4-8-13(12)17-9-5-6-10-17/h3-4,7-8,11H,2,5-6,9-10,15H2,1H3,(H,16,18)/t11-/m0/s1. The lowest BCUT2D eigenvalue weighted by Gasteiger charge is -2.22. The van der Waals surface area contributed by atoms with Crippen LogP contribution in [0.3, 0.4) is 0 Å². The normalized spacial score (nSPS) is 16.7. The van der Waals surface area contributed by atoms with Gasteiger partial charge in [0, 0.05) is 13.1 Å². The molecule has 4 nitrogen and oxygen atoms in total. The van der Waals surface area contributed by atoms with E-state index in [1.807, 2.05) is 25.1 Å². The lowest BCUT2D eigenvalue weighted by molar-refractivity contribution is -0.117. The first-order chi connectivity index (χ1) is 8.72. The summed E-state index contributed by atoms with van der Waals surface area (Å²) in [6, 6.07) is 7.50. The molecule has 0 bridgehead atoms. The van der Waals surface area contributed by atoms with Gasteiger partial charge in [-0.15, -0.1) is 0 Å². The summed E-state index contributed by atoms with van der Waals surface area (Å²) in [6.07, 6.45) is 3.09. The van der Waals surface area contributed by atoms with Gasteiger partial charge in [0.2, 0.25) is 5.91 Å². The zero-order valence-electron chi connectivity index (χ0n) is 10.9. The molecular formula is C14H21N3O. The van der Waals surface area contributed by atoms with E-state index >= 15 is 0 Å². The molecule has 4 heteroatoms. The number of nitrogens with zero attached hydrogens (tertiary/aromatic N) is 1. The molecule has 0 saturated carbocycles. The number of carbonyl (C=O) groups is 1. The summed E-state index contributed by atoms with van der Waals surface area (Å²) < 4.78 is 0. The Balaban J connectivity index is 2.14. The van der Waals surface area contributed by atoms with Gasteiger partial charge in [-0.05, 0) is 31.4 Å². The van der Waals surface area contributed by atoms with Crippen molar-refractivity contribution in [1.29, 1.82) is 0 Å². The molecule has 1 aromatic rings. The summed E-state index contributed by atoms with van der Waals surface area (Å²) in [5.74, 6) is -0.107. The fraction of sp³-hybridized carbons (Fsp3) is 0.500. The van der Waals surface area contributed by atoms with E-state index in [4.69, 9.17) is 5.73 Å². The summed E-state index contributed by atoms with van der Waals surface area (Å²) >= 11 is 0. The average Bonchev–Trinajstić information content (AvgIpc) is 2.92. The third-order valence-electron chi connectivity index (χ3n) is 3.39. The first-order valence-electron chi connectivity index (χ1n) is 6.62. The highest BCUT2D eigenvalue weighted by Crippen LogP contribution is 2.28. The molecular weight excluding hydrogens is 226 g/mol. The van der Waals surface area contributed by atoms with Gasteiger partial charge in [-0.2, -0.15) is 0 Å². The molecule has 2 rings (SSSR count). The largest absolute Gasteiger partial charge is 0.370 e. The van der Waals surface area contributed by atoms with Crippen molar-refractivity contribution in [3.8, 4) is 0 Å². The van der Waals surface area contributed by atoms with Crippen LogP contribution >= 0.6 is 0 Å². The summed E-state index contributed by atoms with van der Waals surface area (Å²) in [5, 5.41) is 2.93. The minimum atomic E-state index is -0.434. The first kappa shape index (κ1) is 12.9. The van der Waals surface area contributed by atoms with Crippen LogP contribution in [0.4, 0.5) is 11.4 Å². The molecule has 0 aliphatic carbocycles. The Kier molecular flexibility index (Phi) is 4.20. The maximum absolute atomic E-state index is 11.9. The Hall–Kier alpha value is -1.55. The molecule has 1 fully saturated rings. The van der Waals surface area contributed by atoms with E-state index in [1.54, 1.807) is 0 Å². The van der Waals surface area contributed by atoms with Gasteiger partial charge in [0.15, 0.2) is 0 Å². The highest BCUT2D eigenvalue weighted by Gasteiger charge is 2.18. The van der Waals surface area contributed by atoms with Gasteiger partial charge in [-0.25, -0.2) is 0 Å². The average molecular weight is 247 g/mol. The molecule has 18 heavy (non-hydrogen) atoms. The van der Waals surface area contributed by atoms with Gasteiger partial charge in [0.1, 0.15) is 0 Å². The molecule has 1 heterocycles. The fourth-order valence-electron chi connectivity index (χ4n) is 2.22. The van der Waals surface area contributed by atoms with Gasteiger partial charge in [-0.1, -0.05) is 19.1 Å². The highest BCUT2D eigenvalue weighted by atomic mass is 16.2. The van der Waals surface area contributed by atoms with Crippen LogP contribution in [0.1, 0.15) is 26.2 Å². The summed E-state index contributed by atoms with van der Waals surface area (Å²) in [4.78, 5) is 14.2. The van der Waals surface area contributed by atoms with Crippen LogP contribution in [0.25, 0.3) is 0 Å². The minimum absolute atomic E-state index is 0.107. The van der Waals surface area contributed by atoms with Crippen LogP contribution < -0.4 is 16.0 Å². The highest BCUT2D eigenvalue weighted by molar-refractivity contribution is 5.97. The topological polar surface area (TPSA) is 58.4 Å². The van der Waals surface area contributed by atoms with E-state index in [1.165, 1.54) is 12.8 Å². The molecule has 0 spiro atoms. The number of anilines is 2. The quantitative estimate of drug-likeness (QED) is 0.855. The number of benzene rings is 1. The van der Waals surface area contributed by atoms with E-state index in [2.05, 4.69) is 16.3 Å². The Morgan fingerprint density at radius 3 is 2.72 bits per heavy atom. The van der Waals surface area contributed by atoms with Gasteiger partial charge >= 0.3 is 0 Å². The zero-order valence-corrected chi connectivity index (χ0v) is 10.9. The molecule has 1 aromatic carbocycles. The second-order valence-electron chi connectivity index (χ2n) is 4.72. The molecule has 1 aliphatic heterocycles. The van der Waals surface area contributed by atoms with Crippen LogP contribution in [0, 0.1) is 0 Å². The Labute approximate surface area is 108 Å². The SMILES string of the molecule is CC[C@H](N)C(=O)Nc1ccccc1N1CCCC1. The third-order valence-corrected chi connectivity index (χ3v) is 3.39. The van der Waals surface area contributed by atoms with E-state index in [0.717, 1.165) is 24.5 Å². The van der Waals surface area contributed by atoms with Crippen LogP contribution in [-0.4, -0.2) is 25.0 Å². The zero-order chi connectivity index (χ0) is 13.0. The summed E-state index contributed by atoms with van der Waals surface area (Å²) in [5.41, 5.74) is 7.71. The van der Waals surface area contributed by atoms with Crippen LogP contribution in [0.5, 0.6) is 0 Å². The Bertz CT molecular complexity index is 413. The predicted octanol–water partition coefficient (Wildman–Crippen LogP) is 1.96. The number of hydrogen-bond donors (Lipinski definition) is 2. The van der Waals surface area contributed by atoms with Crippen molar-refractivity contribution >= 4 is 17.3 Å². The molecule has 0 unspecified atom stereocenters. The Morgan fingerprint density at radius 1 is 1.39 bits per heavy atom. The van der Waals surface area contributed by atoms with E-state index in [-0.39, 0.29) is 5.91 Å². The van der Waals surface area contributed by atoms with E-state index < -0.39 is 6.04 Å². The summed E-state index contributed by atoms with van der Waals surface area (Å²) in [7, 11) is 0. The maximum Gasteiger partial charge on any atom is 0.241 e. The maximum atomic E-state index is 11.9. The number of carbonyl (C=O) groups excluding carboxylic acids is 1. The number of hydrogen-bond acceptors (Lipinski definition) is 3. The van der Waals surface area contributed by atoms with Gasteiger partial charge in [0.05, 0.1) is 17.4 Å². The minimum Gasteiger partial charge on any atom is -0.370 e. The van der Waals surface area contributed by atoms with Crippen molar-refractivity contribution in [3.63, 3.8) is 0 Å². The van der Waals surface area contributed by atoms with Gasteiger partial charge in [0.25, 0.3) is 0 Å². The monoisotopic (exact) mass is 247 g/mol. The van der Waals surface area contributed by atoms with Gasteiger partial charge in [-0.3, -0.25) is 4.79 Å². The molecule has 1 amide bonds. The second-order valence-corrected chi connectivity index (χ2v) is 4.72. The molecule has 1 aliphatic rings. The Morgan fingerprint density at radius 2 is 2.06 bits per heavy atom. The van der Waals surface area contributed by atoms with Crippen LogP contribution in [-0.2, 0) is 4.79 Å². The van der Waals surface area contributed by atoms with Crippen molar-refractivity contribution in [2.45, 2.75) is 32.2 Å². The first-order valence-corrected chi connectivity index (χ1v) is 6.62. The number of nitrogens with two attached hydrogens (primary N) is 1. The van der Waals surface area contributed by atoms with Crippen LogP contribution in [0.2, 0.25) is 0 Å². The number of para-hydroxylation sites is 2. The van der Waals surface area contributed by atoms with Crippen LogP contribution in [0.15, 0.2) is 24.3 Å². The molecule has 3 N–H and O–H groups in total. The second kappa shape index (κ2) is 5.87. The van der Waals surface area contributed by atoms with E-state index in [0.29, 0.717) is 6.42 Å². The lowest BCUT2D eigenvalue weighted by atomic mass is 10.2. The fourth-order valence-corrected chi connectivity index (χ4v) is 2.22. The van der Waals surface area contributed by atoms with Gasteiger partial charge < -0.3 is 16.0 Å². The summed E-state index contributed by atoms with van der Waals surface area (Å²) in [6.45, 7) is 4.04. The molecule has 98 valence electrons. The number of amides is 1. The molecule has 1 atom stereocenters. The van der Waals surface area contributed by atoms with Crippen molar-refractivity contribution in [1.82, 2.24) is 0 Å². The smallest absolute Gasteiger partial charge is 0.241 e. The molecule has 0 radical (unpaired) electrons. The van der Waals surface area contributed by atoms with E-state index in [9.17, 15) is 4.79 Å². The molecule has 0 aromatic heterocycles. The van der Waals surface area contributed by atoms with Crippen molar-refractivity contribution in [2.24, 2.45) is 5.73 Å². The van der Waals surface area contributed by atoms with Crippen molar-refractivity contribution < 1.29 is 4.79 Å². The third kappa shape index (κ3) is 2.82. The number of nitrogens with one attached hydrogen (secondary N) is 1. The predicted molar refractivity (Wildman–Crippen MR) is 74.8 cm³/mol. The number of rotatable bonds is 4.